The van der Waals surface area contributed by atoms with Gasteiger partial charge < -0.3 is 5.32 Å². The third-order valence-corrected chi connectivity index (χ3v) is 7.05. The van der Waals surface area contributed by atoms with Crippen molar-refractivity contribution in [2.75, 3.05) is 18.2 Å². The summed E-state index contributed by atoms with van der Waals surface area (Å²) in [5.74, 6) is 1.45. The van der Waals surface area contributed by atoms with E-state index < -0.39 is 16.1 Å². The zero-order valence-electron chi connectivity index (χ0n) is 15.4. The molecular formula is C18H28N2O3S2. The maximum absolute atomic E-state index is 13.0. The summed E-state index contributed by atoms with van der Waals surface area (Å²) in [6, 6.07) is 6.40. The molecule has 0 aliphatic carbocycles. The van der Waals surface area contributed by atoms with Crippen LogP contribution < -0.4 is 5.32 Å². The van der Waals surface area contributed by atoms with Crippen molar-refractivity contribution >= 4 is 27.7 Å². The van der Waals surface area contributed by atoms with Crippen molar-refractivity contribution < 1.29 is 13.2 Å². The number of carbonyl (C=O) groups excluding carboxylic acids is 1. The van der Waals surface area contributed by atoms with Crippen LogP contribution in [-0.2, 0) is 21.2 Å². The van der Waals surface area contributed by atoms with Crippen LogP contribution in [0.4, 0.5) is 0 Å². The molecule has 1 N–H and O–H groups in total. The molecule has 0 radical (unpaired) electrons. The molecule has 0 spiro atoms. The van der Waals surface area contributed by atoms with E-state index in [1.807, 2.05) is 26.0 Å². The lowest BCUT2D eigenvalue weighted by Gasteiger charge is -2.23. The van der Waals surface area contributed by atoms with Crippen LogP contribution >= 0.6 is 11.8 Å². The first-order valence-corrected chi connectivity index (χ1v) is 11.3. The van der Waals surface area contributed by atoms with E-state index in [4.69, 9.17) is 0 Å². The third-order valence-electron chi connectivity index (χ3n) is 4.00. The smallest absolute Gasteiger partial charge is 0.244 e. The summed E-state index contributed by atoms with van der Waals surface area (Å²) in [5.41, 5.74) is 1.12. The second-order valence-electron chi connectivity index (χ2n) is 7.29. The predicted molar refractivity (Wildman–Crippen MR) is 103 cm³/mol. The van der Waals surface area contributed by atoms with Crippen LogP contribution in [0.5, 0.6) is 0 Å². The van der Waals surface area contributed by atoms with E-state index in [1.54, 1.807) is 12.1 Å². The zero-order valence-corrected chi connectivity index (χ0v) is 17.0. The summed E-state index contributed by atoms with van der Waals surface area (Å²) >= 11 is 1.47. The number of thioether (sulfide) groups is 1. The molecule has 1 aliphatic heterocycles. The normalized spacial score (nSPS) is 18.9. The SMILES string of the molecule is CC(C)CNC(=O)C1CSCN1S(=O)(=O)c1ccc(CC(C)C)cc1. The van der Waals surface area contributed by atoms with Crippen molar-refractivity contribution in [2.45, 2.75) is 45.1 Å². The largest absolute Gasteiger partial charge is 0.354 e. The lowest BCUT2D eigenvalue weighted by atomic mass is 10.0. The van der Waals surface area contributed by atoms with Crippen molar-refractivity contribution in [3.63, 3.8) is 0 Å². The lowest BCUT2D eigenvalue weighted by Crippen LogP contribution is -2.47. The Bertz CT molecular complexity index is 685. The Morgan fingerprint density at radius 1 is 1.20 bits per heavy atom. The topological polar surface area (TPSA) is 66.5 Å². The van der Waals surface area contributed by atoms with Gasteiger partial charge in [0, 0.05) is 12.3 Å². The van der Waals surface area contributed by atoms with Gasteiger partial charge in [0.05, 0.1) is 10.8 Å². The zero-order chi connectivity index (χ0) is 18.6. The Balaban J connectivity index is 2.15. The van der Waals surface area contributed by atoms with Crippen LogP contribution in [0.15, 0.2) is 29.2 Å². The minimum Gasteiger partial charge on any atom is -0.354 e. The summed E-state index contributed by atoms with van der Waals surface area (Å²) in [4.78, 5) is 12.6. The maximum Gasteiger partial charge on any atom is 0.244 e. The van der Waals surface area contributed by atoms with E-state index in [2.05, 4.69) is 19.2 Å². The second-order valence-corrected chi connectivity index (χ2v) is 10.2. The maximum atomic E-state index is 13.0. The van der Waals surface area contributed by atoms with Gasteiger partial charge in [-0.15, -0.1) is 11.8 Å². The van der Waals surface area contributed by atoms with Crippen molar-refractivity contribution in [3.05, 3.63) is 29.8 Å². The number of hydrogen-bond donors (Lipinski definition) is 1. The van der Waals surface area contributed by atoms with Crippen LogP contribution in [0.2, 0.25) is 0 Å². The van der Waals surface area contributed by atoms with Gasteiger partial charge in [-0.1, -0.05) is 39.8 Å². The van der Waals surface area contributed by atoms with Crippen LogP contribution in [0.25, 0.3) is 0 Å². The highest BCUT2D eigenvalue weighted by atomic mass is 32.2. The summed E-state index contributed by atoms with van der Waals surface area (Å²) in [6.45, 7) is 8.84. The first-order valence-electron chi connectivity index (χ1n) is 8.68. The van der Waals surface area contributed by atoms with E-state index in [0.717, 1.165) is 12.0 Å². The molecule has 0 aromatic heterocycles. The van der Waals surface area contributed by atoms with Crippen molar-refractivity contribution in [3.8, 4) is 0 Å². The Morgan fingerprint density at radius 2 is 1.84 bits per heavy atom. The minimum absolute atomic E-state index is 0.210. The monoisotopic (exact) mass is 384 g/mol. The van der Waals surface area contributed by atoms with E-state index in [9.17, 15) is 13.2 Å². The van der Waals surface area contributed by atoms with E-state index in [1.165, 1.54) is 16.1 Å². The number of amides is 1. The highest BCUT2D eigenvalue weighted by Gasteiger charge is 2.39. The molecule has 1 heterocycles. The molecule has 7 heteroatoms. The van der Waals surface area contributed by atoms with Crippen LogP contribution in [-0.4, -0.2) is 42.8 Å². The Labute approximate surface area is 155 Å². The number of nitrogens with zero attached hydrogens (tertiary/aromatic N) is 1. The van der Waals surface area contributed by atoms with Gasteiger partial charge in [-0.05, 0) is 36.0 Å². The highest BCUT2D eigenvalue weighted by Crippen LogP contribution is 2.28. The number of benzene rings is 1. The van der Waals surface area contributed by atoms with E-state index >= 15 is 0 Å². The third kappa shape index (κ3) is 5.21. The number of rotatable bonds is 7. The summed E-state index contributed by atoms with van der Waals surface area (Å²) in [6.07, 6.45) is 0.917. The molecule has 5 nitrogen and oxygen atoms in total. The predicted octanol–water partition coefficient (Wildman–Crippen LogP) is 2.72. The van der Waals surface area contributed by atoms with Crippen LogP contribution in [0, 0.1) is 11.8 Å². The lowest BCUT2D eigenvalue weighted by molar-refractivity contribution is -0.123. The molecule has 0 bridgehead atoms. The molecule has 1 atom stereocenters. The molecule has 25 heavy (non-hydrogen) atoms. The molecule has 0 saturated carbocycles. The summed E-state index contributed by atoms with van der Waals surface area (Å²) in [7, 11) is -3.67. The second kappa shape index (κ2) is 8.56. The fourth-order valence-electron chi connectivity index (χ4n) is 2.70. The molecule has 1 aromatic rings. The standard InChI is InChI=1S/C18H28N2O3S2/c1-13(2)9-15-5-7-16(8-6-15)25(22,23)20-12-24-11-17(20)18(21)19-10-14(3)4/h5-8,13-14,17H,9-12H2,1-4H3,(H,19,21). The average molecular weight is 385 g/mol. The molecule has 1 aromatic carbocycles. The number of carbonyl (C=O) groups is 1. The molecule has 2 rings (SSSR count). The first-order chi connectivity index (χ1) is 11.7. The van der Waals surface area contributed by atoms with Crippen molar-refractivity contribution in [1.82, 2.24) is 9.62 Å². The Kier molecular flexibility index (Phi) is 6.93. The highest BCUT2D eigenvalue weighted by molar-refractivity contribution is 8.00. The number of sulfonamides is 1. The van der Waals surface area contributed by atoms with Gasteiger partial charge in [-0.25, -0.2) is 8.42 Å². The van der Waals surface area contributed by atoms with Gasteiger partial charge in [0.25, 0.3) is 0 Å². The fourth-order valence-corrected chi connectivity index (χ4v) is 5.85. The first kappa shape index (κ1) is 20.3. The van der Waals surface area contributed by atoms with Crippen molar-refractivity contribution in [1.29, 1.82) is 0 Å². The van der Waals surface area contributed by atoms with Gasteiger partial charge in [0.2, 0.25) is 15.9 Å². The summed E-state index contributed by atoms with van der Waals surface area (Å²) < 4.78 is 27.2. The van der Waals surface area contributed by atoms with E-state index in [0.29, 0.717) is 30.0 Å². The van der Waals surface area contributed by atoms with Gasteiger partial charge >= 0.3 is 0 Å². The van der Waals surface area contributed by atoms with Crippen LogP contribution in [0.3, 0.4) is 0 Å². The molecule has 1 unspecified atom stereocenters. The van der Waals surface area contributed by atoms with Gasteiger partial charge in [0.15, 0.2) is 0 Å². The van der Waals surface area contributed by atoms with Crippen molar-refractivity contribution in [2.24, 2.45) is 11.8 Å². The molecule has 1 amide bonds. The molecule has 1 saturated heterocycles. The van der Waals surface area contributed by atoms with Gasteiger partial charge in [-0.3, -0.25) is 4.79 Å². The quantitative estimate of drug-likeness (QED) is 0.785. The molecule has 1 aliphatic rings. The van der Waals surface area contributed by atoms with Gasteiger partial charge in [0.1, 0.15) is 6.04 Å². The minimum atomic E-state index is -3.67. The molecule has 1 fully saturated rings. The van der Waals surface area contributed by atoms with Crippen LogP contribution in [0.1, 0.15) is 33.3 Å². The fraction of sp³-hybridized carbons (Fsp3) is 0.611. The average Bonchev–Trinajstić information content (AvgIpc) is 3.03. The Hall–Kier alpha value is -1.05. The number of nitrogens with one attached hydrogen (secondary N) is 1. The van der Waals surface area contributed by atoms with E-state index in [-0.39, 0.29) is 10.8 Å². The molecule has 140 valence electrons. The van der Waals surface area contributed by atoms with Gasteiger partial charge in [-0.2, -0.15) is 4.31 Å². The summed E-state index contributed by atoms with van der Waals surface area (Å²) in [5, 5.41) is 2.85. The molecular weight excluding hydrogens is 356 g/mol. The number of hydrogen-bond acceptors (Lipinski definition) is 4. The Morgan fingerprint density at radius 3 is 2.40 bits per heavy atom.